The third-order valence-electron chi connectivity index (χ3n) is 1.81. The first-order valence-corrected chi connectivity index (χ1v) is 6.40. The van der Waals surface area contributed by atoms with Crippen molar-refractivity contribution in [1.82, 2.24) is 10.3 Å². The lowest BCUT2D eigenvalue weighted by atomic mass is 10.3. The zero-order chi connectivity index (χ0) is 11.1. The van der Waals surface area contributed by atoms with Gasteiger partial charge < -0.3 is 5.32 Å². The number of nitrogens with zero attached hydrogens (tertiary/aromatic N) is 1. The van der Waals surface area contributed by atoms with Gasteiger partial charge in [0.25, 0.3) is 0 Å². The standard InChI is InChI=1S/C9H15N3O2S/c10-15(13,14)7-3-5-11-8-9-4-1-2-6-12-9/h1-2,4,6,11H,3,5,7-8H2,(H2,10,13,14). The molecule has 0 fully saturated rings. The van der Waals surface area contributed by atoms with E-state index in [4.69, 9.17) is 5.14 Å². The van der Waals surface area contributed by atoms with E-state index in [1.807, 2.05) is 18.2 Å². The number of rotatable bonds is 6. The van der Waals surface area contributed by atoms with Crippen LogP contribution < -0.4 is 10.5 Å². The molecular formula is C9H15N3O2S. The van der Waals surface area contributed by atoms with Gasteiger partial charge >= 0.3 is 0 Å². The van der Waals surface area contributed by atoms with Crippen LogP contribution in [0.25, 0.3) is 0 Å². The molecule has 0 unspecified atom stereocenters. The van der Waals surface area contributed by atoms with Crippen LogP contribution in [0.5, 0.6) is 0 Å². The van der Waals surface area contributed by atoms with Gasteiger partial charge in [0.1, 0.15) is 0 Å². The smallest absolute Gasteiger partial charge is 0.209 e. The van der Waals surface area contributed by atoms with E-state index in [-0.39, 0.29) is 5.75 Å². The number of primary sulfonamides is 1. The van der Waals surface area contributed by atoms with E-state index < -0.39 is 10.0 Å². The summed E-state index contributed by atoms with van der Waals surface area (Å²) in [5, 5.41) is 7.95. The first-order chi connectivity index (χ1) is 7.08. The normalized spacial score (nSPS) is 11.5. The van der Waals surface area contributed by atoms with E-state index in [1.165, 1.54) is 0 Å². The Morgan fingerprint density at radius 2 is 2.20 bits per heavy atom. The second-order valence-corrected chi connectivity index (χ2v) is 4.95. The van der Waals surface area contributed by atoms with E-state index in [9.17, 15) is 8.42 Å². The highest BCUT2D eigenvalue weighted by molar-refractivity contribution is 7.89. The average Bonchev–Trinajstić information content (AvgIpc) is 2.17. The van der Waals surface area contributed by atoms with Gasteiger partial charge in [-0.1, -0.05) is 6.07 Å². The minimum Gasteiger partial charge on any atom is -0.311 e. The molecule has 1 heterocycles. The van der Waals surface area contributed by atoms with Crippen molar-refractivity contribution in [3.63, 3.8) is 0 Å². The lowest BCUT2D eigenvalue weighted by Gasteiger charge is -2.03. The van der Waals surface area contributed by atoms with E-state index in [2.05, 4.69) is 10.3 Å². The van der Waals surface area contributed by atoms with Crippen molar-refractivity contribution in [2.24, 2.45) is 5.14 Å². The monoisotopic (exact) mass is 229 g/mol. The molecule has 15 heavy (non-hydrogen) atoms. The summed E-state index contributed by atoms with van der Waals surface area (Å²) in [5.74, 6) is 0.0161. The SMILES string of the molecule is NS(=O)(=O)CCCNCc1ccccn1. The third kappa shape index (κ3) is 6.16. The first kappa shape index (κ1) is 12.1. The second kappa shape index (κ2) is 5.79. The van der Waals surface area contributed by atoms with Crippen molar-refractivity contribution in [2.45, 2.75) is 13.0 Å². The van der Waals surface area contributed by atoms with Gasteiger partial charge in [-0.2, -0.15) is 0 Å². The lowest BCUT2D eigenvalue weighted by molar-refractivity contribution is 0.590. The molecule has 0 amide bonds. The highest BCUT2D eigenvalue weighted by Gasteiger charge is 2.01. The van der Waals surface area contributed by atoms with Gasteiger partial charge in [-0.3, -0.25) is 4.98 Å². The van der Waals surface area contributed by atoms with Crippen LogP contribution >= 0.6 is 0 Å². The quantitative estimate of drug-likeness (QED) is 0.664. The van der Waals surface area contributed by atoms with Gasteiger partial charge in [-0.25, -0.2) is 13.6 Å². The van der Waals surface area contributed by atoms with Crippen LogP contribution in [-0.4, -0.2) is 25.7 Å². The predicted octanol–water partition coefficient (Wildman–Crippen LogP) is -0.150. The van der Waals surface area contributed by atoms with Crippen LogP contribution in [0.4, 0.5) is 0 Å². The zero-order valence-electron chi connectivity index (χ0n) is 8.39. The summed E-state index contributed by atoms with van der Waals surface area (Å²) in [7, 11) is -3.32. The molecule has 0 aliphatic carbocycles. The van der Waals surface area contributed by atoms with Crippen LogP contribution in [-0.2, 0) is 16.6 Å². The molecule has 0 saturated carbocycles. The van der Waals surface area contributed by atoms with Gasteiger partial charge in [0, 0.05) is 12.7 Å². The molecule has 5 nitrogen and oxygen atoms in total. The van der Waals surface area contributed by atoms with Gasteiger partial charge in [0.2, 0.25) is 10.0 Å². The van der Waals surface area contributed by atoms with Crippen LogP contribution in [0, 0.1) is 0 Å². The number of hydrogen-bond donors (Lipinski definition) is 2. The molecular weight excluding hydrogens is 214 g/mol. The fraction of sp³-hybridized carbons (Fsp3) is 0.444. The van der Waals surface area contributed by atoms with Crippen LogP contribution in [0.15, 0.2) is 24.4 Å². The molecule has 6 heteroatoms. The molecule has 1 aromatic heterocycles. The molecule has 0 aliphatic heterocycles. The second-order valence-electron chi connectivity index (χ2n) is 3.22. The predicted molar refractivity (Wildman–Crippen MR) is 58.5 cm³/mol. The molecule has 0 spiro atoms. The lowest BCUT2D eigenvalue weighted by Crippen LogP contribution is -2.22. The minimum absolute atomic E-state index is 0.0161. The summed E-state index contributed by atoms with van der Waals surface area (Å²) >= 11 is 0. The Hall–Kier alpha value is -0.980. The summed E-state index contributed by atoms with van der Waals surface area (Å²) in [4.78, 5) is 4.12. The number of nitrogens with two attached hydrogens (primary N) is 1. The van der Waals surface area contributed by atoms with Crippen LogP contribution in [0.2, 0.25) is 0 Å². The largest absolute Gasteiger partial charge is 0.311 e. The van der Waals surface area contributed by atoms with Gasteiger partial charge in [0.05, 0.1) is 11.4 Å². The Kier molecular flexibility index (Phi) is 4.67. The Balaban J connectivity index is 2.13. The Morgan fingerprint density at radius 1 is 1.40 bits per heavy atom. The van der Waals surface area contributed by atoms with Crippen molar-refractivity contribution in [3.05, 3.63) is 30.1 Å². The fourth-order valence-electron chi connectivity index (χ4n) is 1.12. The molecule has 0 aliphatic rings. The average molecular weight is 229 g/mol. The maximum Gasteiger partial charge on any atom is 0.209 e. The molecule has 0 radical (unpaired) electrons. The topological polar surface area (TPSA) is 85.1 Å². The van der Waals surface area contributed by atoms with Crippen molar-refractivity contribution < 1.29 is 8.42 Å². The molecule has 0 aromatic carbocycles. The zero-order valence-corrected chi connectivity index (χ0v) is 9.20. The highest BCUT2D eigenvalue weighted by Crippen LogP contribution is 1.92. The maximum atomic E-state index is 10.6. The molecule has 0 bridgehead atoms. The van der Waals surface area contributed by atoms with E-state index >= 15 is 0 Å². The molecule has 0 saturated heterocycles. The van der Waals surface area contributed by atoms with E-state index in [1.54, 1.807) is 6.20 Å². The van der Waals surface area contributed by atoms with Gasteiger partial charge in [-0.05, 0) is 25.1 Å². The highest BCUT2D eigenvalue weighted by atomic mass is 32.2. The number of pyridine rings is 1. The Morgan fingerprint density at radius 3 is 2.80 bits per heavy atom. The number of nitrogens with one attached hydrogen (secondary N) is 1. The van der Waals surface area contributed by atoms with E-state index in [0.29, 0.717) is 19.5 Å². The van der Waals surface area contributed by atoms with Crippen LogP contribution in [0.3, 0.4) is 0 Å². The molecule has 1 rings (SSSR count). The Bertz CT molecular complexity index is 378. The number of hydrogen-bond acceptors (Lipinski definition) is 4. The fourth-order valence-corrected chi connectivity index (χ4v) is 1.66. The van der Waals surface area contributed by atoms with Crippen LogP contribution in [0.1, 0.15) is 12.1 Å². The summed E-state index contributed by atoms with van der Waals surface area (Å²) in [6, 6.07) is 5.67. The minimum atomic E-state index is -3.32. The van der Waals surface area contributed by atoms with E-state index in [0.717, 1.165) is 5.69 Å². The number of aromatic nitrogens is 1. The summed E-state index contributed by atoms with van der Waals surface area (Å²) in [6.45, 7) is 1.26. The van der Waals surface area contributed by atoms with Gasteiger partial charge in [0.15, 0.2) is 0 Å². The number of sulfonamides is 1. The third-order valence-corrected chi connectivity index (χ3v) is 2.67. The molecule has 0 atom stereocenters. The summed E-state index contributed by atoms with van der Waals surface area (Å²) in [5.41, 5.74) is 0.938. The van der Waals surface area contributed by atoms with Gasteiger partial charge in [-0.15, -0.1) is 0 Å². The van der Waals surface area contributed by atoms with Crippen molar-refractivity contribution >= 4 is 10.0 Å². The molecule has 3 N–H and O–H groups in total. The van der Waals surface area contributed by atoms with Crippen molar-refractivity contribution in [3.8, 4) is 0 Å². The van der Waals surface area contributed by atoms with Crippen molar-refractivity contribution in [1.29, 1.82) is 0 Å². The van der Waals surface area contributed by atoms with Crippen molar-refractivity contribution in [2.75, 3.05) is 12.3 Å². The maximum absolute atomic E-state index is 10.6. The summed E-state index contributed by atoms with van der Waals surface area (Å²) in [6.07, 6.45) is 2.24. The summed E-state index contributed by atoms with van der Waals surface area (Å²) < 4.78 is 21.2. The first-order valence-electron chi connectivity index (χ1n) is 4.69. The Labute approximate surface area is 89.8 Å². The molecule has 84 valence electrons. The molecule has 1 aromatic rings.